The van der Waals surface area contributed by atoms with Crippen molar-refractivity contribution in [1.29, 1.82) is 0 Å². The van der Waals surface area contributed by atoms with Crippen molar-refractivity contribution in [2.24, 2.45) is 0 Å². The first-order valence-electron chi connectivity index (χ1n) is 5.67. The minimum atomic E-state index is -0.619. The molecule has 2 rings (SSSR count). The van der Waals surface area contributed by atoms with E-state index in [0.29, 0.717) is 11.4 Å². The Morgan fingerprint density at radius 2 is 2.22 bits per heavy atom. The van der Waals surface area contributed by atoms with Crippen LogP contribution in [0, 0.1) is 6.92 Å². The van der Waals surface area contributed by atoms with Gasteiger partial charge >= 0.3 is 0 Å². The summed E-state index contributed by atoms with van der Waals surface area (Å²) in [4.78, 5) is 24.9. The molecular weight excluding hydrogens is 254 g/mol. The van der Waals surface area contributed by atoms with Gasteiger partial charge in [0.25, 0.3) is 0 Å². The summed E-state index contributed by atoms with van der Waals surface area (Å²) in [7, 11) is 0. The summed E-state index contributed by atoms with van der Waals surface area (Å²) in [6, 6.07) is 5.48. The lowest BCUT2D eigenvalue weighted by Crippen LogP contribution is -2.47. The molecule has 1 aliphatic rings. The second-order valence-electron chi connectivity index (χ2n) is 4.28. The Kier molecular flexibility index (Phi) is 3.57. The number of aryl methyl sites for hydroxylation is 1. The molecule has 1 amide bonds. The van der Waals surface area contributed by atoms with Crippen LogP contribution in [-0.2, 0) is 9.59 Å². The zero-order chi connectivity index (χ0) is 13.3. The summed E-state index contributed by atoms with van der Waals surface area (Å²) < 4.78 is 5.61. The van der Waals surface area contributed by atoms with Gasteiger partial charge < -0.3 is 9.64 Å². The molecule has 1 atom stereocenters. The molecule has 1 aliphatic heterocycles. The number of ether oxygens (including phenoxy) is 1. The number of Topliss-reactive ketones (excluding diaryl/α,β-unsaturated/α-hetero) is 1. The maximum Gasteiger partial charge on any atom is 0.242 e. The molecule has 0 spiro atoms. The van der Waals surface area contributed by atoms with Crippen LogP contribution in [0.25, 0.3) is 0 Å². The van der Waals surface area contributed by atoms with Crippen molar-refractivity contribution in [2.45, 2.75) is 20.0 Å². The zero-order valence-electron chi connectivity index (χ0n) is 10.3. The quantitative estimate of drug-likeness (QED) is 0.769. The van der Waals surface area contributed by atoms with Crippen molar-refractivity contribution >= 4 is 29.0 Å². The molecule has 1 aromatic rings. The van der Waals surface area contributed by atoms with E-state index >= 15 is 0 Å². The Bertz CT molecular complexity index is 501. The van der Waals surface area contributed by atoms with Gasteiger partial charge in [0.15, 0.2) is 11.9 Å². The second kappa shape index (κ2) is 4.98. The molecule has 0 N–H and O–H groups in total. The highest BCUT2D eigenvalue weighted by Crippen LogP contribution is 2.36. The standard InChI is InChI=1S/C13H14ClNO3/c1-8-4-3-5-10-13(8)15(12(17)6-14)7-11(18-10)9(2)16/h3-5,11H,6-7H2,1-2H3. The van der Waals surface area contributed by atoms with Gasteiger partial charge in [0.1, 0.15) is 11.6 Å². The lowest BCUT2D eigenvalue weighted by molar-refractivity contribution is -0.124. The summed E-state index contributed by atoms with van der Waals surface area (Å²) >= 11 is 5.61. The molecule has 0 radical (unpaired) electrons. The van der Waals surface area contributed by atoms with E-state index in [4.69, 9.17) is 16.3 Å². The first-order chi connectivity index (χ1) is 8.54. The molecule has 0 bridgehead atoms. The third kappa shape index (κ3) is 2.20. The summed E-state index contributed by atoms with van der Waals surface area (Å²) in [6.45, 7) is 3.57. The lowest BCUT2D eigenvalue weighted by atomic mass is 10.1. The number of fused-ring (bicyclic) bond motifs is 1. The highest BCUT2D eigenvalue weighted by Gasteiger charge is 2.32. The van der Waals surface area contributed by atoms with Crippen LogP contribution in [0.2, 0.25) is 0 Å². The largest absolute Gasteiger partial charge is 0.479 e. The molecule has 0 saturated carbocycles. The molecule has 1 unspecified atom stereocenters. The summed E-state index contributed by atoms with van der Waals surface area (Å²) in [6.07, 6.45) is -0.619. The number of hydrogen-bond donors (Lipinski definition) is 0. The maximum absolute atomic E-state index is 11.9. The van der Waals surface area contributed by atoms with Gasteiger partial charge in [0, 0.05) is 0 Å². The fourth-order valence-corrected chi connectivity index (χ4v) is 2.18. The molecule has 4 nitrogen and oxygen atoms in total. The normalized spacial score (nSPS) is 17.9. The number of ketones is 1. The van der Waals surface area contributed by atoms with Crippen molar-refractivity contribution in [3.05, 3.63) is 23.8 Å². The van der Waals surface area contributed by atoms with Crippen LogP contribution in [-0.4, -0.2) is 30.2 Å². The average Bonchev–Trinajstić information content (AvgIpc) is 2.36. The monoisotopic (exact) mass is 267 g/mol. The van der Waals surface area contributed by atoms with E-state index in [1.165, 1.54) is 11.8 Å². The first kappa shape index (κ1) is 12.9. The molecule has 0 aliphatic carbocycles. The summed E-state index contributed by atoms with van der Waals surface area (Å²) in [5.74, 6) is 0.120. The third-order valence-electron chi connectivity index (χ3n) is 2.96. The molecule has 0 saturated heterocycles. The molecule has 96 valence electrons. The highest BCUT2D eigenvalue weighted by atomic mass is 35.5. The fourth-order valence-electron chi connectivity index (χ4n) is 2.03. The van der Waals surface area contributed by atoms with E-state index in [1.807, 2.05) is 19.1 Å². The van der Waals surface area contributed by atoms with E-state index in [2.05, 4.69) is 0 Å². The molecule has 0 aromatic heterocycles. The molecule has 1 heterocycles. The second-order valence-corrected chi connectivity index (χ2v) is 4.54. The van der Waals surface area contributed by atoms with E-state index in [-0.39, 0.29) is 24.1 Å². The van der Waals surface area contributed by atoms with Crippen molar-refractivity contribution in [3.63, 3.8) is 0 Å². The Morgan fingerprint density at radius 3 is 2.83 bits per heavy atom. The van der Waals surface area contributed by atoms with Gasteiger partial charge in [-0.3, -0.25) is 9.59 Å². The number of benzene rings is 1. The topological polar surface area (TPSA) is 46.6 Å². The number of para-hydroxylation sites is 1. The number of halogens is 1. The van der Waals surface area contributed by atoms with Gasteiger partial charge in [-0.15, -0.1) is 11.6 Å². The summed E-state index contributed by atoms with van der Waals surface area (Å²) in [5, 5.41) is 0. The van der Waals surface area contributed by atoms with Crippen LogP contribution in [0.3, 0.4) is 0 Å². The third-order valence-corrected chi connectivity index (χ3v) is 3.19. The van der Waals surface area contributed by atoms with Crippen LogP contribution in [0.4, 0.5) is 5.69 Å². The number of hydrogen-bond acceptors (Lipinski definition) is 3. The van der Waals surface area contributed by atoms with Crippen molar-refractivity contribution in [3.8, 4) is 5.75 Å². The van der Waals surface area contributed by atoms with Crippen LogP contribution in [0.1, 0.15) is 12.5 Å². The molecule has 0 fully saturated rings. The minimum absolute atomic E-state index is 0.102. The van der Waals surface area contributed by atoms with Crippen LogP contribution in [0.5, 0.6) is 5.75 Å². The van der Waals surface area contributed by atoms with Crippen molar-refractivity contribution in [1.82, 2.24) is 0 Å². The zero-order valence-corrected chi connectivity index (χ0v) is 11.0. The average molecular weight is 268 g/mol. The maximum atomic E-state index is 11.9. The number of carbonyl (C=O) groups excluding carboxylic acids is 2. The Balaban J connectivity index is 2.47. The van der Waals surface area contributed by atoms with Gasteiger partial charge in [-0.1, -0.05) is 12.1 Å². The number of nitrogens with zero attached hydrogens (tertiary/aromatic N) is 1. The van der Waals surface area contributed by atoms with Crippen molar-refractivity contribution in [2.75, 3.05) is 17.3 Å². The van der Waals surface area contributed by atoms with Gasteiger partial charge in [-0.2, -0.15) is 0 Å². The Hall–Kier alpha value is -1.55. The van der Waals surface area contributed by atoms with Gasteiger partial charge in [-0.25, -0.2) is 0 Å². The summed E-state index contributed by atoms with van der Waals surface area (Å²) in [5.41, 5.74) is 1.63. The lowest BCUT2D eigenvalue weighted by Gasteiger charge is -2.34. The number of alkyl halides is 1. The Morgan fingerprint density at radius 1 is 1.50 bits per heavy atom. The molecule has 5 heteroatoms. The molecule has 1 aromatic carbocycles. The molecular formula is C13H14ClNO3. The van der Waals surface area contributed by atoms with E-state index in [1.54, 1.807) is 6.07 Å². The molecule has 18 heavy (non-hydrogen) atoms. The van der Waals surface area contributed by atoms with Crippen LogP contribution < -0.4 is 9.64 Å². The number of amides is 1. The van der Waals surface area contributed by atoms with E-state index in [9.17, 15) is 9.59 Å². The predicted octanol–water partition coefficient (Wildman–Crippen LogP) is 1.92. The van der Waals surface area contributed by atoms with Crippen molar-refractivity contribution < 1.29 is 14.3 Å². The predicted molar refractivity (Wildman–Crippen MR) is 69.3 cm³/mol. The van der Waals surface area contributed by atoms with Gasteiger partial charge in [0.2, 0.25) is 5.91 Å². The van der Waals surface area contributed by atoms with Crippen LogP contribution >= 0.6 is 11.6 Å². The minimum Gasteiger partial charge on any atom is -0.479 e. The smallest absolute Gasteiger partial charge is 0.242 e. The first-order valence-corrected chi connectivity index (χ1v) is 6.21. The van der Waals surface area contributed by atoms with E-state index in [0.717, 1.165) is 5.56 Å². The Labute approximate surface area is 110 Å². The number of anilines is 1. The fraction of sp³-hybridized carbons (Fsp3) is 0.385. The van der Waals surface area contributed by atoms with Crippen LogP contribution in [0.15, 0.2) is 18.2 Å². The van der Waals surface area contributed by atoms with Gasteiger partial charge in [0.05, 0.1) is 12.2 Å². The van der Waals surface area contributed by atoms with E-state index < -0.39 is 6.10 Å². The number of rotatable bonds is 2. The number of carbonyl (C=O) groups is 2. The SMILES string of the molecule is CC(=O)C1CN(C(=O)CCl)c2c(C)cccc2O1. The highest BCUT2D eigenvalue weighted by molar-refractivity contribution is 6.29. The van der Waals surface area contributed by atoms with Gasteiger partial charge in [-0.05, 0) is 25.5 Å².